The number of nitro groups is 1. The lowest BCUT2D eigenvalue weighted by Crippen LogP contribution is -2.23. The summed E-state index contributed by atoms with van der Waals surface area (Å²) in [6, 6.07) is 4.09. The summed E-state index contributed by atoms with van der Waals surface area (Å²) in [4.78, 5) is 33.3. The molecule has 0 aliphatic carbocycles. The highest BCUT2D eigenvalue weighted by molar-refractivity contribution is 5.95. The summed E-state index contributed by atoms with van der Waals surface area (Å²) in [5.41, 5.74) is -0.284. The van der Waals surface area contributed by atoms with Crippen LogP contribution in [-0.4, -0.2) is 30.0 Å². The Morgan fingerprint density at radius 1 is 1.36 bits per heavy atom. The van der Waals surface area contributed by atoms with Gasteiger partial charge >= 0.3 is 5.97 Å². The molecule has 8 nitrogen and oxygen atoms in total. The molecule has 8 heteroatoms. The van der Waals surface area contributed by atoms with E-state index in [4.69, 9.17) is 9.47 Å². The molecule has 0 aliphatic heterocycles. The van der Waals surface area contributed by atoms with E-state index < -0.39 is 23.4 Å². The summed E-state index contributed by atoms with van der Waals surface area (Å²) in [5.74, 6) is -1.19. The van der Waals surface area contributed by atoms with Gasteiger partial charge in [-0.25, -0.2) is 0 Å². The SMILES string of the molecule is CCOc1ccc(NC(=O)COC(=O)C(C)C)c([N+](=O)[O-])c1. The molecule has 22 heavy (non-hydrogen) atoms. The quantitative estimate of drug-likeness (QED) is 0.469. The Morgan fingerprint density at radius 3 is 2.59 bits per heavy atom. The Balaban J connectivity index is 2.77. The number of hydrogen-bond donors (Lipinski definition) is 1. The highest BCUT2D eigenvalue weighted by Gasteiger charge is 2.18. The van der Waals surface area contributed by atoms with E-state index in [1.54, 1.807) is 20.8 Å². The molecule has 0 atom stereocenters. The van der Waals surface area contributed by atoms with Crippen LogP contribution >= 0.6 is 0 Å². The Labute approximate surface area is 127 Å². The number of nitrogens with zero attached hydrogens (tertiary/aromatic N) is 1. The molecule has 0 aliphatic rings. The fraction of sp³-hybridized carbons (Fsp3) is 0.429. The summed E-state index contributed by atoms with van der Waals surface area (Å²) in [6.07, 6.45) is 0. The maximum absolute atomic E-state index is 11.7. The van der Waals surface area contributed by atoms with Gasteiger partial charge in [0.25, 0.3) is 11.6 Å². The fourth-order valence-electron chi connectivity index (χ4n) is 1.51. The van der Waals surface area contributed by atoms with Crippen LogP contribution in [-0.2, 0) is 14.3 Å². The van der Waals surface area contributed by atoms with E-state index in [0.717, 1.165) is 0 Å². The van der Waals surface area contributed by atoms with Gasteiger partial charge in [0.1, 0.15) is 11.4 Å². The number of anilines is 1. The monoisotopic (exact) mass is 310 g/mol. The van der Waals surface area contributed by atoms with E-state index in [0.29, 0.717) is 12.4 Å². The second-order valence-corrected chi connectivity index (χ2v) is 4.68. The van der Waals surface area contributed by atoms with Crippen molar-refractivity contribution in [2.75, 3.05) is 18.5 Å². The van der Waals surface area contributed by atoms with Crippen molar-refractivity contribution >= 4 is 23.3 Å². The molecule has 0 saturated carbocycles. The van der Waals surface area contributed by atoms with Crippen LogP contribution in [0.1, 0.15) is 20.8 Å². The third-order valence-electron chi connectivity index (χ3n) is 2.57. The van der Waals surface area contributed by atoms with Gasteiger partial charge in [0.15, 0.2) is 6.61 Å². The van der Waals surface area contributed by atoms with Crippen molar-refractivity contribution in [3.63, 3.8) is 0 Å². The summed E-state index contributed by atoms with van der Waals surface area (Å²) in [5, 5.41) is 13.4. The highest BCUT2D eigenvalue weighted by atomic mass is 16.6. The third-order valence-corrected chi connectivity index (χ3v) is 2.57. The van der Waals surface area contributed by atoms with Gasteiger partial charge in [0, 0.05) is 0 Å². The predicted molar refractivity (Wildman–Crippen MR) is 78.7 cm³/mol. The minimum Gasteiger partial charge on any atom is -0.494 e. The number of nitro benzene ring substituents is 1. The highest BCUT2D eigenvalue weighted by Crippen LogP contribution is 2.29. The summed E-state index contributed by atoms with van der Waals surface area (Å²) < 4.78 is 9.93. The number of hydrogen-bond acceptors (Lipinski definition) is 6. The predicted octanol–water partition coefficient (Wildman–Crippen LogP) is 2.13. The third kappa shape index (κ3) is 5.04. The van der Waals surface area contributed by atoms with Gasteiger partial charge in [0.2, 0.25) is 0 Å². The van der Waals surface area contributed by atoms with E-state index in [-0.39, 0.29) is 17.3 Å². The molecule has 1 amide bonds. The van der Waals surface area contributed by atoms with Gasteiger partial charge in [-0.05, 0) is 19.1 Å². The minimum absolute atomic E-state index is 0.0130. The summed E-state index contributed by atoms with van der Waals surface area (Å²) >= 11 is 0. The van der Waals surface area contributed by atoms with Crippen LogP contribution < -0.4 is 10.1 Å². The average molecular weight is 310 g/mol. The number of nitrogens with one attached hydrogen (secondary N) is 1. The summed E-state index contributed by atoms with van der Waals surface area (Å²) in [6.45, 7) is 4.90. The van der Waals surface area contributed by atoms with Crippen LogP contribution in [0.5, 0.6) is 5.75 Å². The standard InChI is InChI=1S/C14H18N2O6/c1-4-21-10-5-6-11(12(7-10)16(19)20)15-13(17)8-22-14(18)9(2)3/h5-7,9H,4,8H2,1-3H3,(H,15,17). The van der Waals surface area contributed by atoms with Crippen LogP contribution in [0, 0.1) is 16.0 Å². The van der Waals surface area contributed by atoms with E-state index in [1.165, 1.54) is 18.2 Å². The lowest BCUT2D eigenvalue weighted by atomic mass is 10.2. The smallest absolute Gasteiger partial charge is 0.308 e. The average Bonchev–Trinajstić information content (AvgIpc) is 2.46. The molecule has 0 spiro atoms. The number of rotatable bonds is 7. The second kappa shape index (κ2) is 7.96. The number of esters is 1. The van der Waals surface area contributed by atoms with Crippen molar-refractivity contribution in [1.82, 2.24) is 0 Å². The Kier molecular flexibility index (Phi) is 6.30. The van der Waals surface area contributed by atoms with Gasteiger partial charge in [-0.3, -0.25) is 19.7 Å². The van der Waals surface area contributed by atoms with Crippen molar-refractivity contribution in [1.29, 1.82) is 0 Å². The van der Waals surface area contributed by atoms with Gasteiger partial charge in [-0.2, -0.15) is 0 Å². The Hall–Kier alpha value is -2.64. The molecule has 0 unspecified atom stereocenters. The van der Waals surface area contributed by atoms with Crippen molar-refractivity contribution in [2.45, 2.75) is 20.8 Å². The molecule has 120 valence electrons. The zero-order chi connectivity index (χ0) is 16.7. The molecule has 0 radical (unpaired) electrons. The van der Waals surface area contributed by atoms with E-state index >= 15 is 0 Å². The first kappa shape index (κ1) is 17.4. The van der Waals surface area contributed by atoms with Gasteiger partial charge in [0.05, 0.1) is 23.5 Å². The van der Waals surface area contributed by atoms with Gasteiger partial charge in [-0.1, -0.05) is 13.8 Å². The van der Waals surface area contributed by atoms with Gasteiger partial charge in [-0.15, -0.1) is 0 Å². The molecule has 1 aromatic rings. The van der Waals surface area contributed by atoms with Crippen LogP contribution in [0.3, 0.4) is 0 Å². The van der Waals surface area contributed by atoms with Crippen LogP contribution in [0.4, 0.5) is 11.4 Å². The first-order valence-electron chi connectivity index (χ1n) is 6.72. The van der Waals surface area contributed by atoms with Gasteiger partial charge < -0.3 is 14.8 Å². The first-order chi connectivity index (χ1) is 10.3. The lowest BCUT2D eigenvalue weighted by molar-refractivity contribution is -0.384. The molecule has 0 heterocycles. The first-order valence-corrected chi connectivity index (χ1v) is 6.72. The Morgan fingerprint density at radius 2 is 2.05 bits per heavy atom. The van der Waals surface area contributed by atoms with E-state index in [2.05, 4.69) is 5.32 Å². The number of benzene rings is 1. The molecular formula is C14H18N2O6. The van der Waals surface area contributed by atoms with Crippen LogP contribution in [0.15, 0.2) is 18.2 Å². The molecule has 1 N–H and O–H groups in total. The zero-order valence-corrected chi connectivity index (χ0v) is 12.6. The maximum Gasteiger partial charge on any atom is 0.308 e. The topological polar surface area (TPSA) is 108 Å². The molecule has 1 aromatic carbocycles. The lowest BCUT2D eigenvalue weighted by Gasteiger charge is -2.09. The fourth-order valence-corrected chi connectivity index (χ4v) is 1.51. The Bertz CT molecular complexity index is 570. The van der Waals surface area contributed by atoms with Crippen LogP contribution in [0.25, 0.3) is 0 Å². The van der Waals surface area contributed by atoms with E-state index in [1.807, 2.05) is 0 Å². The van der Waals surface area contributed by atoms with Crippen molar-refractivity contribution < 1.29 is 24.0 Å². The molecule has 0 fully saturated rings. The van der Waals surface area contributed by atoms with Crippen molar-refractivity contribution in [2.24, 2.45) is 5.92 Å². The molecule has 0 bridgehead atoms. The minimum atomic E-state index is -0.652. The molecule has 1 rings (SSSR count). The van der Waals surface area contributed by atoms with Crippen molar-refractivity contribution in [3.8, 4) is 5.75 Å². The van der Waals surface area contributed by atoms with Crippen molar-refractivity contribution in [3.05, 3.63) is 28.3 Å². The molecule has 0 aromatic heterocycles. The normalized spacial score (nSPS) is 10.2. The largest absolute Gasteiger partial charge is 0.494 e. The number of amides is 1. The second-order valence-electron chi connectivity index (χ2n) is 4.68. The zero-order valence-electron chi connectivity index (χ0n) is 12.6. The van der Waals surface area contributed by atoms with Crippen LogP contribution in [0.2, 0.25) is 0 Å². The van der Waals surface area contributed by atoms with E-state index in [9.17, 15) is 19.7 Å². The maximum atomic E-state index is 11.7. The molecule has 0 saturated heterocycles. The molecular weight excluding hydrogens is 292 g/mol. The summed E-state index contributed by atoms with van der Waals surface area (Å²) in [7, 11) is 0. The number of carbonyl (C=O) groups excluding carboxylic acids is 2. The number of ether oxygens (including phenoxy) is 2. The number of carbonyl (C=O) groups is 2.